The molecule has 0 aromatic heterocycles. The molecular formula is C13H19NO5S. The van der Waals surface area contributed by atoms with Crippen LogP contribution in [-0.2, 0) is 10.0 Å². The van der Waals surface area contributed by atoms with Crippen LogP contribution in [0.3, 0.4) is 0 Å². The van der Waals surface area contributed by atoms with E-state index in [9.17, 15) is 8.42 Å². The number of aliphatic hydroxyl groups excluding tert-OH is 1. The summed E-state index contributed by atoms with van der Waals surface area (Å²) >= 11 is 0. The number of aliphatic hydroxyl groups is 1. The number of ether oxygens (including phenoxy) is 2. The van der Waals surface area contributed by atoms with Gasteiger partial charge in [0.1, 0.15) is 0 Å². The van der Waals surface area contributed by atoms with Crippen molar-refractivity contribution < 1.29 is 23.0 Å². The van der Waals surface area contributed by atoms with Crippen molar-refractivity contribution in [2.75, 3.05) is 19.8 Å². The first kappa shape index (κ1) is 15.1. The molecule has 7 heteroatoms. The molecule has 0 spiro atoms. The van der Waals surface area contributed by atoms with Crippen LogP contribution >= 0.6 is 0 Å². The Labute approximate surface area is 118 Å². The fraction of sp³-hybridized carbons (Fsp3) is 0.538. The van der Waals surface area contributed by atoms with Crippen LogP contribution in [0.2, 0.25) is 0 Å². The second-order valence-corrected chi connectivity index (χ2v) is 6.46. The highest BCUT2D eigenvalue weighted by molar-refractivity contribution is 7.89. The summed E-state index contributed by atoms with van der Waals surface area (Å²) in [5, 5.41) is 9.14. The molecule has 20 heavy (non-hydrogen) atoms. The third kappa shape index (κ3) is 3.84. The average Bonchev–Trinajstić information content (AvgIpc) is 2.62. The van der Waals surface area contributed by atoms with E-state index in [1.807, 2.05) is 0 Å². The molecule has 1 aliphatic rings. The highest BCUT2D eigenvalue weighted by atomic mass is 32.2. The zero-order valence-electron chi connectivity index (χ0n) is 11.3. The van der Waals surface area contributed by atoms with Crippen LogP contribution in [0.25, 0.3) is 0 Å². The minimum atomic E-state index is -3.60. The van der Waals surface area contributed by atoms with Crippen LogP contribution in [0.4, 0.5) is 0 Å². The molecule has 1 heterocycles. The van der Waals surface area contributed by atoms with Gasteiger partial charge in [-0.15, -0.1) is 0 Å². The molecule has 0 aliphatic carbocycles. The van der Waals surface area contributed by atoms with E-state index >= 15 is 0 Å². The fourth-order valence-electron chi connectivity index (χ4n) is 1.80. The van der Waals surface area contributed by atoms with E-state index in [1.165, 1.54) is 12.1 Å². The summed E-state index contributed by atoms with van der Waals surface area (Å²) in [5.74, 6) is 1.01. The Hall–Kier alpha value is -1.31. The standard InChI is InChI=1S/C13H19NO5S/c1-10(15)5-6-14-20(16,17)11-3-4-12-13(9-11)19-8-2-7-18-12/h3-4,9-10,14-15H,2,5-8H2,1H3. The van der Waals surface area contributed by atoms with Gasteiger partial charge >= 0.3 is 0 Å². The predicted molar refractivity (Wildman–Crippen MR) is 73.5 cm³/mol. The van der Waals surface area contributed by atoms with Gasteiger partial charge in [0.15, 0.2) is 11.5 Å². The van der Waals surface area contributed by atoms with Gasteiger partial charge in [0, 0.05) is 19.0 Å². The molecule has 6 nitrogen and oxygen atoms in total. The van der Waals surface area contributed by atoms with Crippen LogP contribution in [0, 0.1) is 0 Å². The van der Waals surface area contributed by atoms with E-state index in [1.54, 1.807) is 13.0 Å². The van der Waals surface area contributed by atoms with Crippen molar-refractivity contribution in [3.05, 3.63) is 18.2 Å². The van der Waals surface area contributed by atoms with Crippen molar-refractivity contribution >= 4 is 10.0 Å². The second-order valence-electron chi connectivity index (χ2n) is 4.69. The smallest absolute Gasteiger partial charge is 0.240 e. The lowest BCUT2D eigenvalue weighted by Gasteiger charge is -2.11. The minimum Gasteiger partial charge on any atom is -0.490 e. The molecule has 1 aliphatic heterocycles. The summed E-state index contributed by atoms with van der Waals surface area (Å²) in [6.45, 7) is 2.87. The molecule has 2 N–H and O–H groups in total. The molecule has 2 rings (SSSR count). The number of sulfonamides is 1. The van der Waals surface area contributed by atoms with Crippen molar-refractivity contribution in [1.82, 2.24) is 4.72 Å². The number of fused-ring (bicyclic) bond motifs is 1. The van der Waals surface area contributed by atoms with Gasteiger partial charge in [0.05, 0.1) is 24.2 Å². The van der Waals surface area contributed by atoms with Gasteiger partial charge in [-0.1, -0.05) is 0 Å². The summed E-state index contributed by atoms with van der Waals surface area (Å²) in [7, 11) is -3.60. The van der Waals surface area contributed by atoms with E-state index in [2.05, 4.69) is 4.72 Å². The van der Waals surface area contributed by atoms with E-state index in [-0.39, 0.29) is 11.4 Å². The molecular weight excluding hydrogens is 282 g/mol. The second kappa shape index (κ2) is 6.43. The van der Waals surface area contributed by atoms with Gasteiger partial charge in [-0.2, -0.15) is 0 Å². The molecule has 1 aromatic carbocycles. The van der Waals surface area contributed by atoms with Gasteiger partial charge in [0.25, 0.3) is 0 Å². The Bertz CT molecular complexity index is 556. The third-order valence-corrected chi connectivity index (χ3v) is 4.34. The first-order valence-corrected chi connectivity index (χ1v) is 8.05. The molecule has 1 aromatic rings. The Morgan fingerprint density at radius 2 is 2.00 bits per heavy atom. The Morgan fingerprint density at radius 1 is 1.30 bits per heavy atom. The largest absolute Gasteiger partial charge is 0.490 e. The summed E-state index contributed by atoms with van der Waals surface area (Å²) < 4.78 is 37.6. The lowest BCUT2D eigenvalue weighted by atomic mass is 10.3. The van der Waals surface area contributed by atoms with Crippen LogP contribution in [0.1, 0.15) is 19.8 Å². The van der Waals surface area contributed by atoms with Crippen molar-refractivity contribution in [2.24, 2.45) is 0 Å². The molecule has 112 valence electrons. The Kier molecular flexibility index (Phi) is 4.85. The quantitative estimate of drug-likeness (QED) is 0.844. The number of rotatable bonds is 5. The van der Waals surface area contributed by atoms with Crippen LogP contribution < -0.4 is 14.2 Å². The summed E-state index contributed by atoms with van der Waals surface area (Å²) in [6, 6.07) is 4.55. The lowest BCUT2D eigenvalue weighted by Crippen LogP contribution is -2.26. The SMILES string of the molecule is CC(O)CCNS(=O)(=O)c1ccc2c(c1)OCCCO2. The zero-order chi connectivity index (χ0) is 14.6. The number of benzene rings is 1. The number of nitrogens with one attached hydrogen (secondary N) is 1. The van der Waals surface area contributed by atoms with Crippen LogP contribution in [-0.4, -0.2) is 39.4 Å². The van der Waals surface area contributed by atoms with Crippen molar-refractivity contribution in [2.45, 2.75) is 30.8 Å². The van der Waals surface area contributed by atoms with Gasteiger partial charge < -0.3 is 14.6 Å². The molecule has 0 bridgehead atoms. The van der Waals surface area contributed by atoms with E-state index in [0.29, 0.717) is 31.1 Å². The molecule has 0 fully saturated rings. The minimum absolute atomic E-state index is 0.132. The van der Waals surface area contributed by atoms with Gasteiger partial charge in [-0.05, 0) is 25.5 Å². The van der Waals surface area contributed by atoms with E-state index in [0.717, 1.165) is 6.42 Å². The first-order chi connectivity index (χ1) is 9.49. The average molecular weight is 301 g/mol. The number of hydrogen-bond donors (Lipinski definition) is 2. The maximum Gasteiger partial charge on any atom is 0.240 e. The molecule has 0 amide bonds. The third-order valence-electron chi connectivity index (χ3n) is 2.88. The van der Waals surface area contributed by atoms with Gasteiger partial charge in [-0.25, -0.2) is 13.1 Å². The van der Waals surface area contributed by atoms with Gasteiger partial charge in [0.2, 0.25) is 10.0 Å². The monoisotopic (exact) mass is 301 g/mol. The molecule has 1 atom stereocenters. The molecule has 0 saturated heterocycles. The summed E-state index contributed by atoms with van der Waals surface area (Å²) in [5.41, 5.74) is 0. The van der Waals surface area contributed by atoms with E-state index in [4.69, 9.17) is 14.6 Å². The predicted octanol–water partition coefficient (Wildman–Crippen LogP) is 0.897. The summed E-state index contributed by atoms with van der Waals surface area (Å²) in [4.78, 5) is 0.132. The van der Waals surface area contributed by atoms with Crippen molar-refractivity contribution in [3.63, 3.8) is 0 Å². The van der Waals surface area contributed by atoms with Gasteiger partial charge in [-0.3, -0.25) is 0 Å². The first-order valence-electron chi connectivity index (χ1n) is 6.56. The molecule has 1 unspecified atom stereocenters. The zero-order valence-corrected chi connectivity index (χ0v) is 12.1. The Morgan fingerprint density at radius 3 is 2.70 bits per heavy atom. The summed E-state index contributed by atoms with van der Waals surface area (Å²) in [6.07, 6.45) is 0.592. The maximum absolute atomic E-state index is 12.1. The lowest BCUT2D eigenvalue weighted by molar-refractivity contribution is 0.186. The normalized spacial score (nSPS) is 16.5. The Balaban J connectivity index is 2.13. The topological polar surface area (TPSA) is 84.9 Å². The fourth-order valence-corrected chi connectivity index (χ4v) is 2.86. The van der Waals surface area contributed by atoms with Crippen LogP contribution in [0.5, 0.6) is 11.5 Å². The van der Waals surface area contributed by atoms with E-state index < -0.39 is 16.1 Å². The highest BCUT2D eigenvalue weighted by Gasteiger charge is 2.18. The molecule has 0 saturated carbocycles. The highest BCUT2D eigenvalue weighted by Crippen LogP contribution is 2.31. The van der Waals surface area contributed by atoms with Crippen molar-refractivity contribution in [1.29, 1.82) is 0 Å². The van der Waals surface area contributed by atoms with Crippen molar-refractivity contribution in [3.8, 4) is 11.5 Å². The molecule has 0 radical (unpaired) electrons. The number of hydrogen-bond acceptors (Lipinski definition) is 5. The maximum atomic E-state index is 12.1. The van der Waals surface area contributed by atoms with Crippen LogP contribution in [0.15, 0.2) is 23.1 Å².